The van der Waals surface area contributed by atoms with E-state index < -0.39 is 0 Å². The lowest BCUT2D eigenvalue weighted by Crippen LogP contribution is -2.02. The Kier molecular flexibility index (Phi) is 5.03. The molecule has 2 nitrogen and oxygen atoms in total. The molecule has 1 aromatic heterocycles. The van der Waals surface area contributed by atoms with Crippen molar-refractivity contribution in [1.82, 2.24) is 4.98 Å². The van der Waals surface area contributed by atoms with Crippen LogP contribution in [-0.4, -0.2) is 11.5 Å². The molecule has 0 atom stereocenters. The van der Waals surface area contributed by atoms with Crippen LogP contribution in [0.1, 0.15) is 10.7 Å². The Labute approximate surface area is 118 Å². The van der Waals surface area contributed by atoms with Gasteiger partial charge in [0.1, 0.15) is 5.01 Å². The largest absolute Gasteiger partial charge is 0.330 e. The highest BCUT2D eigenvalue weighted by Gasteiger charge is 2.04. The fourth-order valence-corrected chi connectivity index (χ4v) is 3.79. The van der Waals surface area contributed by atoms with Crippen molar-refractivity contribution in [3.05, 3.63) is 44.8 Å². The second-order valence-corrected chi connectivity index (χ2v) is 6.30. The maximum Gasteiger partial charge on any atom is 0.103 e. The van der Waals surface area contributed by atoms with Gasteiger partial charge in [0.15, 0.2) is 0 Å². The van der Waals surface area contributed by atoms with E-state index in [4.69, 9.17) is 5.73 Å². The summed E-state index contributed by atoms with van der Waals surface area (Å²) in [6.45, 7) is 0.667. The smallest absolute Gasteiger partial charge is 0.103 e. The summed E-state index contributed by atoms with van der Waals surface area (Å²) in [6.07, 6.45) is 0.871. The molecule has 2 aromatic rings. The van der Waals surface area contributed by atoms with E-state index in [1.165, 1.54) is 4.90 Å². The van der Waals surface area contributed by atoms with Crippen LogP contribution < -0.4 is 5.73 Å². The summed E-state index contributed by atoms with van der Waals surface area (Å²) < 4.78 is 1.14. The first-order chi connectivity index (χ1) is 8.29. The van der Waals surface area contributed by atoms with Crippen LogP contribution in [-0.2, 0) is 12.2 Å². The third-order valence-corrected chi connectivity index (χ3v) is 5.31. The summed E-state index contributed by atoms with van der Waals surface area (Å²) in [6, 6.07) is 8.25. The zero-order chi connectivity index (χ0) is 12.1. The minimum absolute atomic E-state index is 0.667. The molecule has 0 amide bonds. The van der Waals surface area contributed by atoms with E-state index in [9.17, 15) is 0 Å². The molecular formula is C12H13BrN2S2. The predicted molar refractivity (Wildman–Crippen MR) is 78.6 cm³/mol. The van der Waals surface area contributed by atoms with E-state index in [0.29, 0.717) is 6.54 Å². The Morgan fingerprint density at radius 3 is 2.94 bits per heavy atom. The molecule has 1 heterocycles. The highest BCUT2D eigenvalue weighted by atomic mass is 79.9. The van der Waals surface area contributed by atoms with Crippen molar-refractivity contribution in [2.75, 3.05) is 6.54 Å². The van der Waals surface area contributed by atoms with Gasteiger partial charge in [-0.3, -0.25) is 0 Å². The minimum Gasteiger partial charge on any atom is -0.330 e. The molecule has 90 valence electrons. The van der Waals surface area contributed by atoms with Crippen LogP contribution in [0.2, 0.25) is 0 Å². The maximum atomic E-state index is 5.51. The number of thioether (sulfide) groups is 1. The van der Waals surface area contributed by atoms with E-state index in [1.807, 2.05) is 6.07 Å². The number of nitrogens with two attached hydrogens (primary N) is 1. The number of nitrogens with zero attached hydrogens (tertiary/aromatic N) is 1. The van der Waals surface area contributed by atoms with Gasteiger partial charge in [-0.1, -0.05) is 12.1 Å². The van der Waals surface area contributed by atoms with Gasteiger partial charge >= 0.3 is 0 Å². The van der Waals surface area contributed by atoms with Crippen LogP contribution in [0.5, 0.6) is 0 Å². The number of benzene rings is 1. The molecule has 2 N–H and O–H groups in total. The molecule has 0 spiro atoms. The maximum absolute atomic E-state index is 5.51. The monoisotopic (exact) mass is 328 g/mol. The van der Waals surface area contributed by atoms with Crippen LogP contribution in [0.4, 0.5) is 0 Å². The molecule has 0 saturated carbocycles. The average molecular weight is 329 g/mol. The number of hydrogen-bond donors (Lipinski definition) is 1. The first-order valence-electron chi connectivity index (χ1n) is 5.30. The van der Waals surface area contributed by atoms with Gasteiger partial charge in [0, 0.05) is 21.2 Å². The molecule has 0 saturated heterocycles. The average Bonchev–Trinajstić information content (AvgIpc) is 2.76. The predicted octanol–water partition coefficient (Wildman–Crippen LogP) is 3.70. The lowest BCUT2D eigenvalue weighted by atomic mass is 10.3. The highest BCUT2D eigenvalue weighted by molar-refractivity contribution is 9.10. The van der Waals surface area contributed by atoms with Crippen molar-refractivity contribution in [2.45, 2.75) is 17.1 Å². The number of hydrogen-bond acceptors (Lipinski definition) is 4. The highest BCUT2D eigenvalue weighted by Crippen LogP contribution is 2.30. The van der Waals surface area contributed by atoms with Gasteiger partial charge in [-0.2, -0.15) is 0 Å². The van der Waals surface area contributed by atoms with Crippen molar-refractivity contribution >= 4 is 39.0 Å². The van der Waals surface area contributed by atoms with Crippen LogP contribution in [0, 0.1) is 0 Å². The Bertz CT molecular complexity index is 485. The van der Waals surface area contributed by atoms with E-state index in [2.05, 4.69) is 44.5 Å². The zero-order valence-corrected chi connectivity index (χ0v) is 12.4. The van der Waals surface area contributed by atoms with E-state index in [0.717, 1.165) is 27.3 Å². The third kappa shape index (κ3) is 3.81. The summed E-state index contributed by atoms with van der Waals surface area (Å²) in [5.41, 5.74) is 6.62. The van der Waals surface area contributed by atoms with Gasteiger partial charge in [0.2, 0.25) is 0 Å². The van der Waals surface area contributed by atoms with E-state index in [-0.39, 0.29) is 0 Å². The van der Waals surface area contributed by atoms with Crippen LogP contribution in [0.3, 0.4) is 0 Å². The second-order valence-electron chi connectivity index (χ2n) is 3.49. The van der Waals surface area contributed by atoms with Gasteiger partial charge in [0.25, 0.3) is 0 Å². The van der Waals surface area contributed by atoms with Gasteiger partial charge in [-0.05, 0) is 34.6 Å². The van der Waals surface area contributed by atoms with Crippen molar-refractivity contribution < 1.29 is 0 Å². The quantitative estimate of drug-likeness (QED) is 0.850. The first-order valence-corrected chi connectivity index (χ1v) is 7.96. The summed E-state index contributed by atoms with van der Waals surface area (Å²) in [5.74, 6) is 0.915. The molecule has 0 radical (unpaired) electrons. The minimum atomic E-state index is 0.667. The summed E-state index contributed by atoms with van der Waals surface area (Å²) >= 11 is 7.06. The van der Waals surface area contributed by atoms with Crippen molar-refractivity contribution in [3.63, 3.8) is 0 Å². The van der Waals surface area contributed by atoms with Gasteiger partial charge in [-0.15, -0.1) is 23.1 Å². The number of rotatable bonds is 5. The molecule has 2 rings (SSSR count). The van der Waals surface area contributed by atoms with E-state index >= 15 is 0 Å². The fourth-order valence-electron chi connectivity index (χ4n) is 1.38. The lowest BCUT2D eigenvalue weighted by molar-refractivity contribution is 0.928. The Balaban J connectivity index is 1.95. The van der Waals surface area contributed by atoms with Gasteiger partial charge in [-0.25, -0.2) is 4.98 Å². The topological polar surface area (TPSA) is 38.9 Å². The molecular weight excluding hydrogens is 316 g/mol. The zero-order valence-electron chi connectivity index (χ0n) is 9.23. The Morgan fingerprint density at radius 2 is 2.18 bits per heavy atom. The molecule has 0 bridgehead atoms. The van der Waals surface area contributed by atoms with E-state index in [1.54, 1.807) is 23.1 Å². The summed E-state index contributed by atoms with van der Waals surface area (Å²) in [5, 5.41) is 3.26. The summed E-state index contributed by atoms with van der Waals surface area (Å²) in [4.78, 5) is 5.80. The molecule has 0 aliphatic rings. The van der Waals surface area contributed by atoms with Crippen LogP contribution >= 0.6 is 39.0 Å². The molecule has 5 heteroatoms. The molecule has 17 heavy (non-hydrogen) atoms. The molecule has 1 aromatic carbocycles. The SMILES string of the molecule is NCCc1csc(CSc2ccccc2Br)n1. The van der Waals surface area contributed by atoms with Crippen LogP contribution in [0.15, 0.2) is 39.0 Å². The van der Waals surface area contributed by atoms with Gasteiger partial charge in [0.05, 0.1) is 11.4 Å². The van der Waals surface area contributed by atoms with Gasteiger partial charge < -0.3 is 5.73 Å². The molecule has 0 unspecified atom stereocenters. The number of halogens is 1. The second kappa shape index (κ2) is 6.54. The summed E-state index contributed by atoms with van der Waals surface area (Å²) in [7, 11) is 0. The number of thiazole rings is 1. The third-order valence-electron chi connectivity index (χ3n) is 2.19. The first kappa shape index (κ1) is 13.1. The Hall–Kier alpha value is -0.360. The normalized spacial score (nSPS) is 10.7. The van der Waals surface area contributed by atoms with Crippen molar-refractivity contribution in [3.8, 4) is 0 Å². The lowest BCUT2D eigenvalue weighted by Gasteiger charge is -2.01. The molecule has 0 aliphatic heterocycles. The van der Waals surface area contributed by atoms with Crippen molar-refractivity contribution in [1.29, 1.82) is 0 Å². The number of aromatic nitrogens is 1. The molecule has 0 fully saturated rings. The van der Waals surface area contributed by atoms with Crippen molar-refractivity contribution in [2.24, 2.45) is 5.73 Å². The van der Waals surface area contributed by atoms with Crippen LogP contribution in [0.25, 0.3) is 0 Å². The fraction of sp³-hybridized carbons (Fsp3) is 0.250. The Morgan fingerprint density at radius 1 is 1.35 bits per heavy atom. The standard InChI is InChI=1S/C12H13BrN2S2/c13-10-3-1-2-4-11(10)16-8-12-15-9(5-6-14)7-17-12/h1-4,7H,5-6,8,14H2. The molecule has 0 aliphatic carbocycles.